The summed E-state index contributed by atoms with van der Waals surface area (Å²) in [6.45, 7) is 0. The van der Waals surface area contributed by atoms with Crippen LogP contribution in [0, 0.1) is 5.21 Å². The zero-order valence-corrected chi connectivity index (χ0v) is 7.74. The van der Waals surface area contributed by atoms with Gasteiger partial charge in [0.2, 0.25) is 0 Å². The third-order valence-electron chi connectivity index (χ3n) is 1.99. The van der Waals surface area contributed by atoms with Crippen molar-refractivity contribution >= 4 is 22.8 Å². The van der Waals surface area contributed by atoms with Gasteiger partial charge in [-0.25, -0.2) is 0 Å². The van der Waals surface area contributed by atoms with E-state index in [4.69, 9.17) is 4.42 Å². The van der Waals surface area contributed by atoms with E-state index in [9.17, 15) is 10.4 Å². The minimum atomic E-state index is 0.170. The molecule has 0 aliphatic rings. The van der Waals surface area contributed by atoms with E-state index in [2.05, 4.69) is 10.6 Å². The Morgan fingerprint density at radius 2 is 2.21 bits per heavy atom. The van der Waals surface area contributed by atoms with E-state index in [0.29, 0.717) is 26.7 Å². The van der Waals surface area contributed by atoms with Crippen molar-refractivity contribution in [1.82, 2.24) is 4.85 Å². The lowest BCUT2D eigenvalue weighted by Crippen LogP contribution is -2.38. The van der Waals surface area contributed by atoms with Crippen LogP contribution in [-0.2, 0) is 0 Å². The molecule has 0 fully saturated rings. The quantitative estimate of drug-likeness (QED) is 0.364. The van der Waals surface area contributed by atoms with Gasteiger partial charge < -0.3 is 20.1 Å². The second-order valence-electron chi connectivity index (χ2n) is 2.74. The summed E-state index contributed by atoms with van der Waals surface area (Å²) < 4.78 is 5.27. The van der Waals surface area contributed by atoms with Gasteiger partial charge in [-0.3, -0.25) is 5.32 Å². The molecule has 7 heteroatoms. The first kappa shape index (κ1) is 8.54. The molecule has 0 saturated carbocycles. The number of aromatic nitrogens is 2. The van der Waals surface area contributed by atoms with Crippen LogP contribution in [0.25, 0.3) is 11.1 Å². The number of anilines is 2. The van der Waals surface area contributed by atoms with Crippen LogP contribution in [-0.4, -0.2) is 24.1 Å². The van der Waals surface area contributed by atoms with Crippen LogP contribution in [0.1, 0.15) is 0 Å². The predicted molar refractivity (Wildman–Crippen MR) is 49.4 cm³/mol. The molecule has 14 heavy (non-hydrogen) atoms. The summed E-state index contributed by atoms with van der Waals surface area (Å²) in [6.07, 6.45) is 0. The van der Waals surface area contributed by atoms with Crippen molar-refractivity contribution in [3.05, 3.63) is 11.3 Å². The maximum atomic E-state index is 11.3. The zero-order valence-electron chi connectivity index (χ0n) is 7.74. The average Bonchev–Trinajstić information content (AvgIpc) is 2.69. The van der Waals surface area contributed by atoms with Gasteiger partial charge in [-0.1, -0.05) is 0 Å². The molecule has 0 atom stereocenters. The SMILES string of the molecule is CNc1cc2c(o1)c(NC)[n+]([O-])n2O. The third-order valence-corrected chi connectivity index (χ3v) is 1.99. The molecular weight excluding hydrogens is 188 g/mol. The molecule has 3 N–H and O–H groups in total. The Bertz CT molecular complexity index is 473. The molecule has 0 aliphatic carbocycles. The number of nitrogens with zero attached hydrogens (tertiary/aromatic N) is 2. The summed E-state index contributed by atoms with van der Waals surface area (Å²) in [6, 6.07) is 1.53. The van der Waals surface area contributed by atoms with Gasteiger partial charge in [-0.05, 0) is 4.85 Å². The maximum Gasteiger partial charge on any atom is 0.345 e. The lowest BCUT2D eigenvalue weighted by Gasteiger charge is -2.02. The summed E-state index contributed by atoms with van der Waals surface area (Å²) in [7, 11) is 3.26. The minimum Gasteiger partial charge on any atom is -0.690 e. The lowest BCUT2D eigenvalue weighted by atomic mass is 10.5. The summed E-state index contributed by atoms with van der Waals surface area (Å²) in [5.41, 5.74) is 0.628. The Hall–Kier alpha value is -2.05. The fourth-order valence-corrected chi connectivity index (χ4v) is 1.31. The fraction of sp³-hybridized carbons (Fsp3) is 0.286. The van der Waals surface area contributed by atoms with Crippen LogP contribution in [0.4, 0.5) is 11.7 Å². The molecular formula is C7H10N4O3. The van der Waals surface area contributed by atoms with Crippen molar-refractivity contribution in [2.45, 2.75) is 0 Å². The van der Waals surface area contributed by atoms with Gasteiger partial charge in [0.1, 0.15) is 0 Å². The Balaban J connectivity index is 2.76. The first-order valence-electron chi connectivity index (χ1n) is 4.02. The molecule has 0 radical (unpaired) electrons. The van der Waals surface area contributed by atoms with Gasteiger partial charge in [0.15, 0.2) is 11.4 Å². The first-order chi connectivity index (χ1) is 6.69. The smallest absolute Gasteiger partial charge is 0.345 e. The summed E-state index contributed by atoms with van der Waals surface area (Å²) in [5.74, 6) is 0.652. The average molecular weight is 198 g/mol. The summed E-state index contributed by atoms with van der Waals surface area (Å²) in [5, 5.41) is 26.0. The highest BCUT2D eigenvalue weighted by Crippen LogP contribution is 2.26. The minimum absolute atomic E-state index is 0.170. The highest BCUT2D eigenvalue weighted by atomic mass is 16.6. The van der Waals surface area contributed by atoms with Gasteiger partial charge in [0.05, 0.1) is 7.05 Å². The van der Waals surface area contributed by atoms with E-state index in [-0.39, 0.29) is 5.82 Å². The molecule has 0 aliphatic heterocycles. The molecule has 0 aromatic carbocycles. The molecule has 0 bridgehead atoms. The number of hydrogen-bond donors (Lipinski definition) is 3. The molecule has 2 heterocycles. The van der Waals surface area contributed by atoms with Crippen LogP contribution in [0.5, 0.6) is 0 Å². The molecule has 7 nitrogen and oxygen atoms in total. The summed E-state index contributed by atoms with van der Waals surface area (Å²) >= 11 is 0. The van der Waals surface area contributed by atoms with Crippen LogP contribution in [0.3, 0.4) is 0 Å². The van der Waals surface area contributed by atoms with Gasteiger partial charge in [0.25, 0.3) is 5.58 Å². The number of nitrogens with one attached hydrogen (secondary N) is 2. The standard InChI is InChI=1S/C7H10N4O3/c1-8-5-3-4-6(14-5)7(9-2)11(13)10(4)12/h3,8-9,12H,1-2H3. The fourth-order valence-electron chi connectivity index (χ4n) is 1.31. The van der Waals surface area contributed by atoms with E-state index in [1.807, 2.05) is 0 Å². The molecule has 0 amide bonds. The van der Waals surface area contributed by atoms with Crippen LogP contribution < -0.4 is 15.5 Å². The molecule has 0 spiro atoms. The van der Waals surface area contributed by atoms with Crippen molar-refractivity contribution in [1.29, 1.82) is 0 Å². The molecule has 0 saturated heterocycles. The topological polar surface area (TPSA) is 89.3 Å². The summed E-state index contributed by atoms with van der Waals surface area (Å²) in [4.78, 5) is 0.791. The van der Waals surface area contributed by atoms with E-state index >= 15 is 0 Å². The van der Waals surface area contributed by atoms with Crippen LogP contribution in [0.2, 0.25) is 0 Å². The highest BCUT2D eigenvalue weighted by molar-refractivity contribution is 5.85. The van der Waals surface area contributed by atoms with Crippen molar-refractivity contribution < 1.29 is 14.5 Å². The van der Waals surface area contributed by atoms with Crippen LogP contribution in [0.15, 0.2) is 10.5 Å². The zero-order chi connectivity index (χ0) is 10.3. The molecule has 2 aromatic heterocycles. The largest absolute Gasteiger partial charge is 0.690 e. The normalized spacial score (nSPS) is 10.7. The number of hydrogen-bond acceptors (Lipinski definition) is 5. The second-order valence-corrected chi connectivity index (χ2v) is 2.74. The number of rotatable bonds is 2. The monoisotopic (exact) mass is 198 g/mol. The predicted octanol–water partition coefficient (Wildman–Crippen LogP) is 0.188. The lowest BCUT2D eigenvalue weighted by molar-refractivity contribution is -0.709. The maximum absolute atomic E-state index is 11.3. The Labute approximate surface area is 79.1 Å². The van der Waals surface area contributed by atoms with Crippen LogP contribution >= 0.6 is 0 Å². The Morgan fingerprint density at radius 3 is 2.79 bits per heavy atom. The Morgan fingerprint density at radius 1 is 1.50 bits per heavy atom. The number of furan rings is 1. The van der Waals surface area contributed by atoms with Crippen molar-refractivity contribution in [3.8, 4) is 0 Å². The first-order valence-corrected chi connectivity index (χ1v) is 4.02. The van der Waals surface area contributed by atoms with Gasteiger partial charge in [-0.2, -0.15) is 0 Å². The molecule has 2 aromatic rings. The van der Waals surface area contributed by atoms with E-state index in [1.165, 1.54) is 6.07 Å². The number of fused-ring (bicyclic) bond motifs is 1. The van der Waals surface area contributed by atoms with E-state index in [0.717, 1.165) is 0 Å². The highest BCUT2D eigenvalue weighted by Gasteiger charge is 2.22. The van der Waals surface area contributed by atoms with Gasteiger partial charge in [0, 0.05) is 13.1 Å². The molecule has 76 valence electrons. The van der Waals surface area contributed by atoms with E-state index in [1.54, 1.807) is 14.1 Å². The molecule has 0 unspecified atom stereocenters. The second kappa shape index (κ2) is 2.72. The van der Waals surface area contributed by atoms with Crippen molar-refractivity contribution in [2.75, 3.05) is 24.7 Å². The molecule has 2 rings (SSSR count). The van der Waals surface area contributed by atoms with Crippen molar-refractivity contribution in [3.63, 3.8) is 0 Å². The Kier molecular flexibility index (Phi) is 1.66. The van der Waals surface area contributed by atoms with Crippen molar-refractivity contribution in [2.24, 2.45) is 0 Å². The van der Waals surface area contributed by atoms with Gasteiger partial charge in [-0.15, -0.1) is 4.85 Å². The third kappa shape index (κ3) is 0.889. The van der Waals surface area contributed by atoms with Gasteiger partial charge >= 0.3 is 5.82 Å². The van der Waals surface area contributed by atoms with E-state index < -0.39 is 0 Å².